The zero-order valence-corrected chi connectivity index (χ0v) is 16.9. The lowest BCUT2D eigenvalue weighted by atomic mass is 10.1. The van der Waals surface area contributed by atoms with Crippen LogP contribution in [0, 0.1) is 6.92 Å². The Bertz CT molecular complexity index is 956. The highest BCUT2D eigenvalue weighted by atomic mass is 32.2. The molecule has 0 radical (unpaired) electrons. The lowest BCUT2D eigenvalue weighted by Gasteiger charge is -2.12. The maximum atomic E-state index is 12.5. The summed E-state index contributed by atoms with van der Waals surface area (Å²) >= 11 is 1.20. The number of hydrogen-bond donors (Lipinski definition) is 1. The van der Waals surface area contributed by atoms with Crippen molar-refractivity contribution in [2.24, 2.45) is 0 Å². The number of rotatable bonds is 7. The van der Waals surface area contributed by atoms with Gasteiger partial charge in [-0.2, -0.15) is 0 Å². The second kappa shape index (κ2) is 8.79. The molecule has 0 saturated heterocycles. The van der Waals surface area contributed by atoms with Crippen LogP contribution in [-0.4, -0.2) is 35.6 Å². The van der Waals surface area contributed by atoms with E-state index in [-0.39, 0.29) is 5.91 Å². The van der Waals surface area contributed by atoms with E-state index in [0.717, 1.165) is 11.1 Å². The number of ether oxygens (including phenoxy) is 2. The van der Waals surface area contributed by atoms with Gasteiger partial charge in [-0.1, -0.05) is 29.5 Å². The van der Waals surface area contributed by atoms with Crippen molar-refractivity contribution >= 4 is 23.4 Å². The fourth-order valence-electron chi connectivity index (χ4n) is 2.43. The molecular weight excluding hydrogens is 378 g/mol. The molecule has 0 aliphatic carbocycles. The van der Waals surface area contributed by atoms with Gasteiger partial charge in [0, 0.05) is 17.3 Å². The minimum Gasteiger partial charge on any atom is -0.493 e. The molecule has 0 fully saturated rings. The number of aromatic nitrogens is 2. The van der Waals surface area contributed by atoms with Gasteiger partial charge in [0.1, 0.15) is 0 Å². The molecular formula is C20H21N3O4S. The van der Waals surface area contributed by atoms with Gasteiger partial charge in [-0.3, -0.25) is 4.79 Å². The van der Waals surface area contributed by atoms with E-state index in [9.17, 15) is 4.79 Å². The van der Waals surface area contributed by atoms with E-state index in [1.165, 1.54) is 11.8 Å². The number of carbonyl (C=O) groups is 1. The Morgan fingerprint density at radius 3 is 2.46 bits per heavy atom. The smallest absolute Gasteiger partial charge is 0.277 e. The predicted octanol–water partition coefficient (Wildman–Crippen LogP) is 4.18. The van der Waals surface area contributed by atoms with Crippen molar-refractivity contribution in [3.63, 3.8) is 0 Å². The number of benzene rings is 2. The SMILES string of the molecule is COc1ccc(NC(=O)[C@H](C)Sc2nnc(-c3ccc(C)cc3)o2)cc1OC. The molecule has 8 heteroatoms. The largest absolute Gasteiger partial charge is 0.493 e. The quantitative estimate of drug-likeness (QED) is 0.596. The van der Waals surface area contributed by atoms with E-state index in [1.54, 1.807) is 39.3 Å². The van der Waals surface area contributed by atoms with E-state index in [1.807, 2.05) is 31.2 Å². The van der Waals surface area contributed by atoms with Crippen molar-refractivity contribution in [3.05, 3.63) is 48.0 Å². The highest BCUT2D eigenvalue weighted by Gasteiger charge is 2.19. The van der Waals surface area contributed by atoms with Gasteiger partial charge in [0.2, 0.25) is 11.8 Å². The Balaban J connectivity index is 1.64. The molecule has 28 heavy (non-hydrogen) atoms. The first-order valence-corrected chi connectivity index (χ1v) is 9.48. The Kier molecular flexibility index (Phi) is 6.20. The summed E-state index contributed by atoms with van der Waals surface area (Å²) in [6.45, 7) is 3.79. The molecule has 0 unspecified atom stereocenters. The molecule has 1 N–H and O–H groups in total. The van der Waals surface area contributed by atoms with Crippen LogP contribution in [0.3, 0.4) is 0 Å². The van der Waals surface area contributed by atoms with Gasteiger partial charge in [-0.05, 0) is 38.1 Å². The number of methoxy groups -OCH3 is 2. The van der Waals surface area contributed by atoms with Gasteiger partial charge in [0.25, 0.3) is 5.22 Å². The van der Waals surface area contributed by atoms with Crippen molar-refractivity contribution in [2.45, 2.75) is 24.3 Å². The highest BCUT2D eigenvalue weighted by molar-refractivity contribution is 8.00. The summed E-state index contributed by atoms with van der Waals surface area (Å²) in [5.41, 5.74) is 2.60. The van der Waals surface area contributed by atoms with Crippen LogP contribution in [0.25, 0.3) is 11.5 Å². The summed E-state index contributed by atoms with van der Waals surface area (Å²) < 4.78 is 16.1. The van der Waals surface area contributed by atoms with E-state index in [2.05, 4.69) is 15.5 Å². The molecule has 0 aliphatic heterocycles. The first-order chi connectivity index (χ1) is 13.5. The lowest BCUT2D eigenvalue weighted by Crippen LogP contribution is -2.22. The molecule has 3 rings (SSSR count). The summed E-state index contributed by atoms with van der Waals surface area (Å²) in [6.07, 6.45) is 0. The molecule has 1 amide bonds. The van der Waals surface area contributed by atoms with Gasteiger partial charge in [0.05, 0.1) is 19.5 Å². The minimum atomic E-state index is -0.431. The van der Waals surface area contributed by atoms with Crippen molar-refractivity contribution in [1.29, 1.82) is 0 Å². The van der Waals surface area contributed by atoms with Crippen LogP contribution in [0.5, 0.6) is 11.5 Å². The highest BCUT2D eigenvalue weighted by Crippen LogP contribution is 2.31. The normalized spacial score (nSPS) is 11.7. The first kappa shape index (κ1) is 19.8. The molecule has 0 bridgehead atoms. The second-order valence-corrected chi connectivity index (χ2v) is 7.35. The molecule has 1 heterocycles. The standard InChI is InChI=1S/C20H21N3O4S/c1-12-5-7-14(8-6-12)19-22-23-20(27-19)28-13(2)18(24)21-15-9-10-16(25-3)17(11-15)26-4/h5-11,13H,1-4H3,(H,21,24)/t13-/m0/s1. The van der Waals surface area contributed by atoms with Gasteiger partial charge >= 0.3 is 0 Å². The number of aryl methyl sites for hydroxylation is 1. The Labute approximate surface area is 167 Å². The van der Waals surface area contributed by atoms with Crippen LogP contribution >= 0.6 is 11.8 Å². The van der Waals surface area contributed by atoms with Crippen molar-refractivity contribution in [3.8, 4) is 23.0 Å². The predicted molar refractivity (Wildman–Crippen MR) is 108 cm³/mol. The maximum Gasteiger partial charge on any atom is 0.277 e. The third-order valence-corrected chi connectivity index (χ3v) is 4.94. The number of anilines is 1. The summed E-state index contributed by atoms with van der Waals surface area (Å²) in [7, 11) is 3.10. The van der Waals surface area contributed by atoms with Gasteiger partial charge in [-0.15, -0.1) is 10.2 Å². The Morgan fingerprint density at radius 2 is 1.79 bits per heavy atom. The summed E-state index contributed by atoms with van der Waals surface area (Å²) in [5.74, 6) is 1.37. The third kappa shape index (κ3) is 4.64. The molecule has 7 nitrogen and oxygen atoms in total. The van der Waals surface area contributed by atoms with Gasteiger partial charge < -0.3 is 19.2 Å². The fraction of sp³-hybridized carbons (Fsp3) is 0.250. The Hall–Kier alpha value is -3.00. The monoisotopic (exact) mass is 399 g/mol. The zero-order valence-electron chi connectivity index (χ0n) is 16.1. The first-order valence-electron chi connectivity index (χ1n) is 8.60. The Morgan fingerprint density at radius 1 is 1.07 bits per heavy atom. The molecule has 2 aromatic carbocycles. The summed E-state index contributed by atoms with van der Waals surface area (Å²) in [5, 5.41) is 10.8. The summed E-state index contributed by atoms with van der Waals surface area (Å²) in [4.78, 5) is 12.5. The van der Waals surface area contributed by atoms with E-state index in [4.69, 9.17) is 13.9 Å². The molecule has 0 saturated carbocycles. The number of nitrogens with one attached hydrogen (secondary N) is 1. The second-order valence-electron chi connectivity index (χ2n) is 6.06. The molecule has 0 spiro atoms. The fourth-order valence-corrected chi connectivity index (χ4v) is 3.12. The third-order valence-electron chi connectivity index (χ3n) is 4.00. The van der Waals surface area contributed by atoms with Crippen LogP contribution in [-0.2, 0) is 4.79 Å². The summed E-state index contributed by atoms with van der Waals surface area (Å²) in [6, 6.07) is 13.0. The maximum absolute atomic E-state index is 12.5. The minimum absolute atomic E-state index is 0.188. The number of thioether (sulfide) groups is 1. The van der Waals surface area contributed by atoms with Crippen LogP contribution < -0.4 is 14.8 Å². The van der Waals surface area contributed by atoms with Gasteiger partial charge in [0.15, 0.2) is 11.5 Å². The molecule has 1 atom stereocenters. The topological polar surface area (TPSA) is 86.5 Å². The van der Waals surface area contributed by atoms with E-state index >= 15 is 0 Å². The molecule has 0 aliphatic rings. The average Bonchev–Trinajstić information content (AvgIpc) is 3.16. The van der Waals surface area contributed by atoms with Crippen molar-refractivity contribution in [2.75, 3.05) is 19.5 Å². The van der Waals surface area contributed by atoms with Crippen molar-refractivity contribution in [1.82, 2.24) is 10.2 Å². The van der Waals surface area contributed by atoms with E-state index in [0.29, 0.717) is 28.3 Å². The number of nitrogens with zero attached hydrogens (tertiary/aromatic N) is 2. The van der Waals surface area contributed by atoms with Crippen LogP contribution in [0.4, 0.5) is 5.69 Å². The number of amides is 1. The molecule has 1 aromatic heterocycles. The zero-order chi connectivity index (χ0) is 20.1. The number of carbonyl (C=O) groups excluding carboxylic acids is 1. The van der Waals surface area contributed by atoms with Crippen LogP contribution in [0.15, 0.2) is 52.1 Å². The van der Waals surface area contributed by atoms with Crippen LogP contribution in [0.1, 0.15) is 12.5 Å². The average molecular weight is 399 g/mol. The van der Waals surface area contributed by atoms with E-state index < -0.39 is 5.25 Å². The van der Waals surface area contributed by atoms with Gasteiger partial charge in [-0.25, -0.2) is 0 Å². The lowest BCUT2D eigenvalue weighted by molar-refractivity contribution is -0.115. The van der Waals surface area contributed by atoms with Crippen LogP contribution in [0.2, 0.25) is 0 Å². The van der Waals surface area contributed by atoms with Crippen molar-refractivity contribution < 1.29 is 18.7 Å². The molecule has 3 aromatic rings. The number of hydrogen-bond acceptors (Lipinski definition) is 7. The molecule has 146 valence electrons.